The van der Waals surface area contributed by atoms with Crippen LogP contribution in [0, 0.1) is 0 Å². The standard InChI is InChI=1S/C13H11BrF3NO3/c1-12(11(19)20,18-6-13(15,16)17)10-5-7-4-8(14)2-3-9(7)21-10/h2-5,18H,6H2,1H3,(H,19,20). The van der Waals surface area contributed by atoms with Gasteiger partial charge in [0.25, 0.3) is 0 Å². The Morgan fingerprint density at radius 1 is 1.38 bits per heavy atom. The van der Waals surface area contributed by atoms with Crippen molar-refractivity contribution in [3.8, 4) is 0 Å². The highest BCUT2D eigenvalue weighted by atomic mass is 79.9. The lowest BCUT2D eigenvalue weighted by Gasteiger charge is -2.24. The average molecular weight is 366 g/mol. The van der Waals surface area contributed by atoms with E-state index >= 15 is 0 Å². The van der Waals surface area contributed by atoms with Crippen LogP contribution >= 0.6 is 15.9 Å². The number of aliphatic carboxylic acids is 1. The quantitative estimate of drug-likeness (QED) is 0.867. The molecule has 0 spiro atoms. The summed E-state index contributed by atoms with van der Waals surface area (Å²) in [4.78, 5) is 11.4. The van der Waals surface area contributed by atoms with Gasteiger partial charge in [-0.1, -0.05) is 15.9 Å². The van der Waals surface area contributed by atoms with Gasteiger partial charge < -0.3 is 9.52 Å². The van der Waals surface area contributed by atoms with Gasteiger partial charge in [-0.25, -0.2) is 4.79 Å². The van der Waals surface area contributed by atoms with E-state index in [1.165, 1.54) is 6.07 Å². The third-order valence-electron chi connectivity index (χ3n) is 3.04. The third-order valence-corrected chi connectivity index (χ3v) is 3.53. The van der Waals surface area contributed by atoms with Gasteiger partial charge in [-0.2, -0.15) is 13.2 Å². The fourth-order valence-corrected chi connectivity index (χ4v) is 2.18. The first-order valence-corrected chi connectivity index (χ1v) is 6.66. The lowest BCUT2D eigenvalue weighted by molar-refractivity contribution is -0.150. The Hall–Kier alpha value is -1.54. The largest absolute Gasteiger partial charge is 0.480 e. The van der Waals surface area contributed by atoms with Crippen LogP contribution in [0.1, 0.15) is 12.7 Å². The monoisotopic (exact) mass is 365 g/mol. The summed E-state index contributed by atoms with van der Waals surface area (Å²) in [7, 11) is 0. The number of hydrogen-bond acceptors (Lipinski definition) is 3. The molecule has 21 heavy (non-hydrogen) atoms. The van der Waals surface area contributed by atoms with Crippen molar-refractivity contribution in [1.82, 2.24) is 5.32 Å². The molecule has 0 aliphatic heterocycles. The van der Waals surface area contributed by atoms with Crippen LogP contribution in [-0.2, 0) is 10.3 Å². The molecule has 0 amide bonds. The Kier molecular flexibility index (Phi) is 4.03. The van der Waals surface area contributed by atoms with Crippen LogP contribution in [0.4, 0.5) is 13.2 Å². The molecule has 2 N–H and O–H groups in total. The molecule has 1 aromatic heterocycles. The molecule has 0 radical (unpaired) electrons. The highest BCUT2D eigenvalue weighted by Crippen LogP contribution is 2.30. The van der Waals surface area contributed by atoms with Gasteiger partial charge in [-0.15, -0.1) is 0 Å². The summed E-state index contributed by atoms with van der Waals surface area (Å²) in [5, 5.41) is 11.9. The van der Waals surface area contributed by atoms with Crippen molar-refractivity contribution in [2.24, 2.45) is 0 Å². The maximum absolute atomic E-state index is 12.3. The van der Waals surface area contributed by atoms with Crippen LogP contribution in [0.15, 0.2) is 33.2 Å². The summed E-state index contributed by atoms with van der Waals surface area (Å²) >= 11 is 3.26. The van der Waals surface area contributed by atoms with Crippen LogP contribution < -0.4 is 5.32 Å². The van der Waals surface area contributed by atoms with Gasteiger partial charge in [0.05, 0.1) is 6.54 Å². The predicted molar refractivity (Wildman–Crippen MR) is 73.0 cm³/mol. The number of rotatable bonds is 4. The second kappa shape index (κ2) is 5.34. The molecule has 0 bridgehead atoms. The highest BCUT2D eigenvalue weighted by molar-refractivity contribution is 9.10. The summed E-state index contributed by atoms with van der Waals surface area (Å²) in [6, 6.07) is 6.40. The number of nitrogens with one attached hydrogen (secondary N) is 1. The fourth-order valence-electron chi connectivity index (χ4n) is 1.81. The van der Waals surface area contributed by atoms with E-state index in [1.54, 1.807) is 18.2 Å². The molecule has 1 atom stereocenters. The lowest BCUT2D eigenvalue weighted by atomic mass is 9.99. The van der Waals surface area contributed by atoms with E-state index in [-0.39, 0.29) is 5.76 Å². The number of alkyl halides is 3. The molecule has 0 aliphatic carbocycles. The maximum Gasteiger partial charge on any atom is 0.401 e. The molecular formula is C13H11BrF3NO3. The number of benzene rings is 1. The number of carboxylic acid groups (broad SMARTS) is 1. The number of halogens is 4. The van der Waals surface area contributed by atoms with E-state index in [0.29, 0.717) is 11.0 Å². The van der Waals surface area contributed by atoms with Gasteiger partial charge in [-0.05, 0) is 31.2 Å². The normalized spacial score (nSPS) is 15.1. The van der Waals surface area contributed by atoms with E-state index in [0.717, 1.165) is 11.4 Å². The Morgan fingerprint density at radius 2 is 2.05 bits per heavy atom. The summed E-state index contributed by atoms with van der Waals surface area (Å²) in [6.07, 6.45) is -4.52. The third kappa shape index (κ3) is 3.38. The minimum atomic E-state index is -4.52. The molecule has 4 nitrogen and oxygen atoms in total. The molecule has 114 valence electrons. The molecule has 1 unspecified atom stereocenters. The van der Waals surface area contributed by atoms with Crippen molar-refractivity contribution in [3.05, 3.63) is 34.5 Å². The number of carboxylic acids is 1. The average Bonchev–Trinajstić information content (AvgIpc) is 2.78. The van der Waals surface area contributed by atoms with Crippen LogP contribution in [-0.4, -0.2) is 23.8 Å². The van der Waals surface area contributed by atoms with Gasteiger partial charge in [0.1, 0.15) is 11.3 Å². The van der Waals surface area contributed by atoms with E-state index < -0.39 is 24.2 Å². The smallest absolute Gasteiger partial charge is 0.401 e. The van der Waals surface area contributed by atoms with Crippen LogP contribution in [0.2, 0.25) is 0 Å². The number of hydrogen-bond donors (Lipinski definition) is 2. The van der Waals surface area contributed by atoms with Gasteiger partial charge in [0, 0.05) is 9.86 Å². The molecule has 0 aliphatic rings. The predicted octanol–water partition coefficient (Wildman–Crippen LogP) is 3.65. The van der Waals surface area contributed by atoms with Crippen molar-refractivity contribution in [1.29, 1.82) is 0 Å². The molecule has 8 heteroatoms. The summed E-state index contributed by atoms with van der Waals surface area (Å²) < 4.78 is 43.1. The Morgan fingerprint density at radius 3 is 2.62 bits per heavy atom. The molecular weight excluding hydrogens is 355 g/mol. The summed E-state index contributed by atoms with van der Waals surface area (Å²) in [5.41, 5.74) is -1.57. The van der Waals surface area contributed by atoms with Crippen LogP contribution in [0.5, 0.6) is 0 Å². The van der Waals surface area contributed by atoms with Gasteiger partial charge in [-0.3, -0.25) is 5.32 Å². The second-order valence-corrected chi connectivity index (χ2v) is 5.61. The van der Waals surface area contributed by atoms with Crippen molar-refractivity contribution >= 4 is 32.9 Å². The minimum absolute atomic E-state index is 0.0904. The zero-order valence-electron chi connectivity index (χ0n) is 10.8. The van der Waals surface area contributed by atoms with E-state index in [4.69, 9.17) is 4.42 Å². The molecule has 0 fully saturated rings. The number of carbonyl (C=O) groups is 1. The SMILES string of the molecule is CC(NCC(F)(F)F)(C(=O)O)c1cc2cc(Br)ccc2o1. The van der Waals surface area contributed by atoms with Crippen LogP contribution in [0.25, 0.3) is 11.0 Å². The van der Waals surface area contributed by atoms with Gasteiger partial charge in [0.2, 0.25) is 0 Å². The fraction of sp³-hybridized carbons (Fsp3) is 0.308. The van der Waals surface area contributed by atoms with Crippen molar-refractivity contribution < 1.29 is 27.5 Å². The second-order valence-electron chi connectivity index (χ2n) is 4.69. The maximum atomic E-state index is 12.3. The molecule has 2 rings (SSSR count). The van der Waals surface area contributed by atoms with E-state index in [9.17, 15) is 23.1 Å². The van der Waals surface area contributed by atoms with E-state index in [2.05, 4.69) is 15.9 Å². The van der Waals surface area contributed by atoms with Crippen LogP contribution in [0.3, 0.4) is 0 Å². The molecule has 0 saturated heterocycles. The summed E-state index contributed by atoms with van der Waals surface area (Å²) in [6.45, 7) is -0.301. The van der Waals surface area contributed by atoms with Crippen molar-refractivity contribution in [3.63, 3.8) is 0 Å². The van der Waals surface area contributed by atoms with Crippen molar-refractivity contribution in [2.75, 3.05) is 6.54 Å². The Labute approximate surface area is 126 Å². The Bertz CT molecular complexity index is 683. The number of fused-ring (bicyclic) bond motifs is 1. The molecule has 2 aromatic rings. The summed E-state index contributed by atoms with van der Waals surface area (Å²) in [5.74, 6) is -1.54. The lowest BCUT2D eigenvalue weighted by Crippen LogP contribution is -2.49. The first-order chi connectivity index (χ1) is 9.62. The Balaban J connectivity index is 2.42. The van der Waals surface area contributed by atoms with Crippen molar-refractivity contribution in [2.45, 2.75) is 18.6 Å². The minimum Gasteiger partial charge on any atom is -0.480 e. The number of furan rings is 1. The topological polar surface area (TPSA) is 62.5 Å². The van der Waals surface area contributed by atoms with Gasteiger partial charge in [0.15, 0.2) is 5.54 Å². The van der Waals surface area contributed by atoms with E-state index in [1.807, 2.05) is 5.32 Å². The molecule has 1 aromatic carbocycles. The zero-order chi connectivity index (χ0) is 15.8. The molecule has 0 saturated carbocycles. The van der Waals surface area contributed by atoms with Gasteiger partial charge >= 0.3 is 12.1 Å². The highest BCUT2D eigenvalue weighted by Gasteiger charge is 2.42. The first-order valence-electron chi connectivity index (χ1n) is 5.86. The molecule has 1 heterocycles. The first kappa shape index (κ1) is 15.8. The zero-order valence-corrected chi connectivity index (χ0v) is 12.4.